The van der Waals surface area contributed by atoms with E-state index in [9.17, 15) is 17.6 Å². The van der Waals surface area contributed by atoms with Crippen molar-refractivity contribution in [1.29, 1.82) is 0 Å². The first-order valence-electron chi connectivity index (χ1n) is 9.44. The first-order chi connectivity index (χ1) is 14.8. The Morgan fingerprint density at radius 1 is 1.26 bits per heavy atom. The van der Waals surface area contributed by atoms with Crippen LogP contribution < -0.4 is 5.32 Å². The molecule has 0 radical (unpaired) electrons. The van der Waals surface area contributed by atoms with Crippen LogP contribution in [0.3, 0.4) is 0 Å². The summed E-state index contributed by atoms with van der Waals surface area (Å²) in [6.45, 7) is 2.13. The van der Waals surface area contributed by atoms with Crippen LogP contribution in [-0.4, -0.2) is 35.4 Å². The molecule has 1 amide bonds. The predicted molar refractivity (Wildman–Crippen MR) is 116 cm³/mol. The van der Waals surface area contributed by atoms with Gasteiger partial charge in [-0.1, -0.05) is 41.1 Å². The summed E-state index contributed by atoms with van der Waals surface area (Å²) < 4.78 is 41.6. The molecule has 2 aromatic carbocycles. The number of para-hydroxylation sites is 1. The number of hydrogen-bond donors (Lipinski definition) is 1. The Kier molecular flexibility index (Phi) is 6.07. The van der Waals surface area contributed by atoms with Gasteiger partial charge in [0.2, 0.25) is 15.0 Å². The van der Waals surface area contributed by atoms with Crippen LogP contribution in [-0.2, 0) is 10.0 Å². The number of aryl methyl sites for hydroxylation is 1. The molecule has 0 bridgehead atoms. The fourth-order valence-corrected chi connectivity index (χ4v) is 6.23. The standard InChI is InChI=1S/C20H18ClFN4O3S2/c1-12-8-9-13(11-14(12)21)31(28,29)26-10-4-7-17(26)19-24-25-20(30-19)18(27)23-16-6-3-2-5-15(16)22/h2-3,5-6,8-9,11,17H,4,7,10H2,1H3,(H,23,27)/t17-/m0/s1. The molecule has 1 aliphatic rings. The zero-order valence-electron chi connectivity index (χ0n) is 16.4. The largest absolute Gasteiger partial charge is 0.317 e. The van der Waals surface area contributed by atoms with E-state index >= 15 is 0 Å². The maximum absolute atomic E-state index is 13.8. The second-order valence-corrected chi connectivity index (χ2v) is 10.4. The molecule has 0 spiro atoms. The summed E-state index contributed by atoms with van der Waals surface area (Å²) in [7, 11) is -3.80. The Morgan fingerprint density at radius 3 is 2.77 bits per heavy atom. The molecule has 1 aromatic heterocycles. The lowest BCUT2D eigenvalue weighted by Gasteiger charge is -2.22. The zero-order chi connectivity index (χ0) is 22.2. The van der Waals surface area contributed by atoms with Crippen LogP contribution in [0.5, 0.6) is 0 Å². The molecule has 162 valence electrons. The van der Waals surface area contributed by atoms with E-state index in [1.54, 1.807) is 19.1 Å². The van der Waals surface area contributed by atoms with Gasteiger partial charge in [-0.25, -0.2) is 12.8 Å². The first-order valence-corrected chi connectivity index (χ1v) is 12.1. The summed E-state index contributed by atoms with van der Waals surface area (Å²) >= 11 is 7.12. The van der Waals surface area contributed by atoms with Crippen LogP contribution in [0, 0.1) is 12.7 Å². The van der Waals surface area contributed by atoms with Crippen molar-refractivity contribution >= 4 is 44.6 Å². The summed E-state index contributed by atoms with van der Waals surface area (Å²) in [6.07, 6.45) is 1.21. The van der Waals surface area contributed by atoms with Crippen LogP contribution in [0.15, 0.2) is 47.4 Å². The third-order valence-electron chi connectivity index (χ3n) is 5.00. The summed E-state index contributed by atoms with van der Waals surface area (Å²) in [6, 6.07) is 9.89. The molecule has 0 unspecified atom stereocenters. The minimum atomic E-state index is -3.80. The van der Waals surface area contributed by atoms with E-state index in [-0.39, 0.29) is 15.6 Å². The minimum absolute atomic E-state index is 0.0286. The van der Waals surface area contributed by atoms with Crippen molar-refractivity contribution in [3.63, 3.8) is 0 Å². The molecule has 0 saturated carbocycles. The minimum Gasteiger partial charge on any atom is -0.317 e. The van der Waals surface area contributed by atoms with E-state index in [2.05, 4.69) is 15.5 Å². The van der Waals surface area contributed by atoms with Crippen LogP contribution in [0.1, 0.15) is 39.3 Å². The fourth-order valence-electron chi connectivity index (χ4n) is 3.34. The summed E-state index contributed by atoms with van der Waals surface area (Å²) in [5.41, 5.74) is 0.818. The average Bonchev–Trinajstić information content (AvgIpc) is 3.41. The molecule has 7 nitrogen and oxygen atoms in total. The lowest BCUT2D eigenvalue weighted by atomic mass is 10.2. The maximum atomic E-state index is 13.8. The Bertz CT molecular complexity index is 1250. The van der Waals surface area contributed by atoms with Crippen LogP contribution >= 0.6 is 22.9 Å². The number of carbonyl (C=O) groups excluding carboxylic acids is 1. The fraction of sp³-hybridized carbons (Fsp3) is 0.250. The molecular formula is C20H18ClFN4O3S2. The number of nitrogens with one attached hydrogen (secondary N) is 1. The third-order valence-corrected chi connectivity index (χ3v) is 8.33. The Labute approximate surface area is 187 Å². The average molecular weight is 481 g/mol. The molecule has 0 aliphatic carbocycles. The van der Waals surface area contributed by atoms with Crippen molar-refractivity contribution in [3.05, 3.63) is 68.9 Å². The lowest BCUT2D eigenvalue weighted by molar-refractivity contribution is 0.102. The van der Waals surface area contributed by atoms with Gasteiger partial charge in [0.05, 0.1) is 16.6 Å². The molecule has 1 fully saturated rings. The molecule has 11 heteroatoms. The van der Waals surface area contributed by atoms with E-state index in [4.69, 9.17) is 11.6 Å². The number of amides is 1. The second-order valence-electron chi connectivity index (χ2n) is 7.06. The molecule has 1 saturated heterocycles. The predicted octanol–water partition coefficient (Wildman–Crippen LogP) is 4.42. The molecule has 1 atom stereocenters. The van der Waals surface area contributed by atoms with Gasteiger partial charge in [0, 0.05) is 11.6 Å². The number of anilines is 1. The lowest BCUT2D eigenvalue weighted by Crippen LogP contribution is -2.30. The molecule has 31 heavy (non-hydrogen) atoms. The summed E-state index contributed by atoms with van der Waals surface area (Å²) in [5.74, 6) is -1.17. The number of halogens is 2. The number of sulfonamides is 1. The van der Waals surface area contributed by atoms with E-state index in [1.165, 1.54) is 34.6 Å². The van der Waals surface area contributed by atoms with Gasteiger partial charge in [-0.15, -0.1) is 10.2 Å². The molecule has 1 aliphatic heterocycles. The van der Waals surface area contributed by atoms with Gasteiger partial charge in [0.1, 0.15) is 10.8 Å². The maximum Gasteiger partial charge on any atom is 0.286 e. The van der Waals surface area contributed by atoms with Gasteiger partial charge >= 0.3 is 0 Å². The highest BCUT2D eigenvalue weighted by atomic mass is 35.5. The van der Waals surface area contributed by atoms with Crippen LogP contribution in [0.4, 0.5) is 10.1 Å². The van der Waals surface area contributed by atoms with E-state index in [0.29, 0.717) is 29.4 Å². The van der Waals surface area contributed by atoms with Crippen molar-refractivity contribution < 1.29 is 17.6 Å². The molecule has 4 rings (SSSR count). The highest BCUT2D eigenvalue weighted by Crippen LogP contribution is 2.38. The monoisotopic (exact) mass is 480 g/mol. The third kappa shape index (κ3) is 4.33. The smallest absolute Gasteiger partial charge is 0.286 e. The van der Waals surface area contributed by atoms with Gasteiger partial charge in [0.15, 0.2) is 0 Å². The SMILES string of the molecule is Cc1ccc(S(=O)(=O)N2CCC[C@H]2c2nnc(C(=O)Nc3ccccc3F)s2)cc1Cl. The van der Waals surface area contributed by atoms with Crippen molar-refractivity contribution in [2.45, 2.75) is 30.7 Å². The van der Waals surface area contributed by atoms with Gasteiger partial charge in [-0.05, 0) is 49.6 Å². The van der Waals surface area contributed by atoms with Gasteiger partial charge in [-0.2, -0.15) is 4.31 Å². The molecular weight excluding hydrogens is 463 g/mol. The van der Waals surface area contributed by atoms with Crippen molar-refractivity contribution in [2.75, 3.05) is 11.9 Å². The van der Waals surface area contributed by atoms with Crippen LogP contribution in [0.2, 0.25) is 5.02 Å². The molecule has 2 heterocycles. The molecule has 1 N–H and O–H groups in total. The van der Waals surface area contributed by atoms with E-state index in [0.717, 1.165) is 16.9 Å². The van der Waals surface area contributed by atoms with Crippen LogP contribution in [0.25, 0.3) is 0 Å². The number of aromatic nitrogens is 2. The number of rotatable bonds is 5. The zero-order valence-corrected chi connectivity index (χ0v) is 18.8. The van der Waals surface area contributed by atoms with E-state index in [1.807, 2.05) is 0 Å². The number of nitrogens with zero attached hydrogens (tertiary/aromatic N) is 3. The normalized spacial score (nSPS) is 17.1. The topological polar surface area (TPSA) is 92.3 Å². The first kappa shape index (κ1) is 21.8. The quantitative estimate of drug-likeness (QED) is 0.583. The van der Waals surface area contributed by atoms with Crippen molar-refractivity contribution in [2.24, 2.45) is 0 Å². The highest BCUT2D eigenvalue weighted by Gasteiger charge is 2.38. The Hall–Kier alpha value is -2.40. The second kappa shape index (κ2) is 8.62. The van der Waals surface area contributed by atoms with Gasteiger partial charge in [-0.3, -0.25) is 4.79 Å². The van der Waals surface area contributed by atoms with Crippen molar-refractivity contribution in [3.8, 4) is 0 Å². The Morgan fingerprint density at radius 2 is 2.03 bits per heavy atom. The molecule has 3 aromatic rings. The highest BCUT2D eigenvalue weighted by molar-refractivity contribution is 7.89. The van der Waals surface area contributed by atoms with Gasteiger partial charge < -0.3 is 5.32 Å². The summed E-state index contributed by atoms with van der Waals surface area (Å²) in [5, 5.41) is 11.2. The van der Waals surface area contributed by atoms with Crippen molar-refractivity contribution in [1.82, 2.24) is 14.5 Å². The Balaban J connectivity index is 1.57. The number of benzene rings is 2. The number of carbonyl (C=O) groups is 1. The number of hydrogen-bond acceptors (Lipinski definition) is 6. The van der Waals surface area contributed by atoms with E-state index < -0.39 is 27.8 Å². The van der Waals surface area contributed by atoms with Gasteiger partial charge in [0.25, 0.3) is 5.91 Å². The summed E-state index contributed by atoms with van der Waals surface area (Å²) in [4.78, 5) is 12.6.